The van der Waals surface area contributed by atoms with Crippen molar-refractivity contribution in [3.63, 3.8) is 0 Å². The average Bonchev–Trinajstić information content (AvgIpc) is 3.11. The van der Waals surface area contributed by atoms with Crippen molar-refractivity contribution in [1.82, 2.24) is 13.6 Å². The molecule has 1 atom stereocenters. The van der Waals surface area contributed by atoms with Gasteiger partial charge < -0.3 is 14.8 Å². The molecular formula is C22H25N3O4S. The van der Waals surface area contributed by atoms with Crippen molar-refractivity contribution in [3.05, 3.63) is 65.5 Å². The highest BCUT2D eigenvalue weighted by Crippen LogP contribution is 2.42. The van der Waals surface area contributed by atoms with Gasteiger partial charge in [-0.2, -0.15) is 12.7 Å². The summed E-state index contributed by atoms with van der Waals surface area (Å²) in [6.45, 7) is 3.92. The molecule has 2 heterocycles. The monoisotopic (exact) mass is 427 g/mol. The van der Waals surface area contributed by atoms with Gasteiger partial charge in [-0.1, -0.05) is 18.2 Å². The lowest BCUT2D eigenvalue weighted by Crippen LogP contribution is -2.40. The number of benzene rings is 2. The molecule has 0 spiro atoms. The molecule has 0 saturated heterocycles. The van der Waals surface area contributed by atoms with Crippen molar-refractivity contribution < 1.29 is 18.3 Å². The molecule has 0 radical (unpaired) electrons. The van der Waals surface area contributed by atoms with Gasteiger partial charge in [-0.3, -0.25) is 4.31 Å². The normalized spacial score (nSPS) is 16.5. The molecule has 30 heavy (non-hydrogen) atoms. The van der Waals surface area contributed by atoms with E-state index in [4.69, 9.17) is 4.74 Å². The summed E-state index contributed by atoms with van der Waals surface area (Å²) in [6.07, 6.45) is 5.16. The van der Waals surface area contributed by atoms with E-state index in [1.54, 1.807) is 30.6 Å². The molecule has 7 nitrogen and oxygen atoms in total. The number of hydrogen-bond acceptors (Lipinski definition) is 4. The van der Waals surface area contributed by atoms with Crippen LogP contribution in [0.1, 0.15) is 36.6 Å². The van der Waals surface area contributed by atoms with Crippen molar-refractivity contribution in [2.24, 2.45) is 0 Å². The fraction of sp³-hybridized carbons (Fsp3) is 0.273. The SMILES string of the molecule is CC(C)Oc1ccc2c(c1)C=CN(S(=O)(=O)N(C)C)C2c1c[nH]c2c(O)cccc12. The summed E-state index contributed by atoms with van der Waals surface area (Å²) in [4.78, 5) is 3.09. The van der Waals surface area contributed by atoms with Crippen LogP contribution in [0, 0.1) is 0 Å². The van der Waals surface area contributed by atoms with Crippen molar-refractivity contribution in [2.45, 2.75) is 26.0 Å². The summed E-state index contributed by atoms with van der Waals surface area (Å²) >= 11 is 0. The number of rotatable bonds is 5. The molecule has 0 fully saturated rings. The quantitative estimate of drug-likeness (QED) is 0.648. The molecule has 2 aromatic carbocycles. The fourth-order valence-electron chi connectivity index (χ4n) is 3.76. The van der Waals surface area contributed by atoms with Crippen LogP contribution in [0.15, 0.2) is 48.8 Å². The highest BCUT2D eigenvalue weighted by molar-refractivity contribution is 7.86. The van der Waals surface area contributed by atoms with E-state index in [2.05, 4.69) is 4.98 Å². The molecule has 2 N–H and O–H groups in total. The second-order valence-electron chi connectivity index (χ2n) is 7.74. The van der Waals surface area contributed by atoms with E-state index in [-0.39, 0.29) is 11.9 Å². The molecule has 158 valence electrons. The van der Waals surface area contributed by atoms with E-state index in [0.29, 0.717) is 5.52 Å². The van der Waals surface area contributed by atoms with Crippen molar-refractivity contribution in [1.29, 1.82) is 0 Å². The van der Waals surface area contributed by atoms with Gasteiger partial charge in [-0.05, 0) is 49.2 Å². The van der Waals surface area contributed by atoms with Crippen LogP contribution in [0.2, 0.25) is 0 Å². The van der Waals surface area contributed by atoms with Gasteiger partial charge in [0.2, 0.25) is 0 Å². The lowest BCUT2D eigenvalue weighted by Gasteiger charge is -2.35. The predicted octanol–water partition coefficient (Wildman–Crippen LogP) is 3.84. The lowest BCUT2D eigenvalue weighted by molar-refractivity contribution is 0.242. The predicted molar refractivity (Wildman–Crippen MR) is 117 cm³/mol. The molecule has 1 aliphatic rings. The zero-order chi connectivity index (χ0) is 21.6. The largest absolute Gasteiger partial charge is 0.506 e. The maximum Gasteiger partial charge on any atom is 0.303 e. The van der Waals surface area contributed by atoms with Gasteiger partial charge in [0.05, 0.1) is 17.7 Å². The molecule has 0 aliphatic carbocycles. The Labute approximate surface area is 176 Å². The average molecular weight is 428 g/mol. The fourth-order valence-corrected chi connectivity index (χ4v) is 4.84. The van der Waals surface area contributed by atoms with E-state index in [1.165, 1.54) is 22.7 Å². The zero-order valence-electron chi connectivity index (χ0n) is 17.3. The molecule has 1 unspecified atom stereocenters. The van der Waals surface area contributed by atoms with Crippen LogP contribution in [0.4, 0.5) is 0 Å². The first-order chi connectivity index (χ1) is 14.2. The number of phenols is 1. The van der Waals surface area contributed by atoms with E-state index in [0.717, 1.165) is 27.8 Å². The minimum absolute atomic E-state index is 0.0358. The lowest BCUT2D eigenvalue weighted by atomic mass is 9.92. The Morgan fingerprint density at radius 1 is 1.17 bits per heavy atom. The number of aromatic nitrogens is 1. The number of phenolic OH excluding ortho intramolecular Hbond substituents is 1. The Balaban J connectivity index is 1.93. The highest BCUT2D eigenvalue weighted by atomic mass is 32.2. The molecule has 0 amide bonds. The van der Waals surface area contributed by atoms with Crippen molar-refractivity contribution >= 4 is 27.2 Å². The summed E-state index contributed by atoms with van der Waals surface area (Å²) in [5.74, 6) is 0.848. The third-order valence-electron chi connectivity index (χ3n) is 5.13. The Morgan fingerprint density at radius 2 is 1.93 bits per heavy atom. The topological polar surface area (TPSA) is 85.9 Å². The zero-order valence-corrected chi connectivity index (χ0v) is 18.1. The van der Waals surface area contributed by atoms with Crippen LogP contribution in [0.3, 0.4) is 0 Å². The van der Waals surface area contributed by atoms with Crippen molar-refractivity contribution in [3.8, 4) is 11.5 Å². The Kier molecular flexibility index (Phi) is 4.99. The maximum atomic E-state index is 13.1. The van der Waals surface area contributed by atoms with Crippen LogP contribution < -0.4 is 4.74 Å². The molecule has 3 aromatic rings. The number of H-pyrrole nitrogens is 1. The van der Waals surface area contributed by atoms with Crippen LogP contribution in [-0.4, -0.2) is 47.3 Å². The second-order valence-corrected chi connectivity index (χ2v) is 9.79. The van der Waals surface area contributed by atoms with Gasteiger partial charge in [0, 0.05) is 37.4 Å². The third-order valence-corrected chi connectivity index (χ3v) is 6.92. The molecule has 1 aliphatic heterocycles. The Bertz CT molecular complexity index is 1230. The Morgan fingerprint density at radius 3 is 2.63 bits per heavy atom. The number of nitrogens with zero attached hydrogens (tertiary/aromatic N) is 2. The third kappa shape index (κ3) is 3.32. The van der Waals surface area contributed by atoms with Gasteiger partial charge in [0.15, 0.2) is 0 Å². The smallest absolute Gasteiger partial charge is 0.303 e. The number of aromatic hydroxyl groups is 1. The number of ether oxygens (including phenoxy) is 1. The molecule has 1 aromatic heterocycles. The molecule has 4 rings (SSSR count). The Hall–Kier alpha value is -2.97. The summed E-state index contributed by atoms with van der Waals surface area (Å²) in [5, 5.41) is 11.0. The number of hydrogen-bond donors (Lipinski definition) is 2. The van der Waals surface area contributed by atoms with Gasteiger partial charge in [-0.15, -0.1) is 0 Å². The molecule has 8 heteroatoms. The molecule has 0 bridgehead atoms. The molecule has 0 saturated carbocycles. The minimum Gasteiger partial charge on any atom is -0.506 e. The first-order valence-corrected chi connectivity index (χ1v) is 11.1. The van der Waals surface area contributed by atoms with Gasteiger partial charge >= 0.3 is 10.2 Å². The summed E-state index contributed by atoms with van der Waals surface area (Å²) in [6, 6.07) is 10.3. The number of nitrogens with one attached hydrogen (secondary N) is 1. The van der Waals surface area contributed by atoms with Crippen LogP contribution in [0.25, 0.3) is 17.0 Å². The van der Waals surface area contributed by atoms with E-state index in [9.17, 15) is 13.5 Å². The number of fused-ring (bicyclic) bond motifs is 2. The highest BCUT2D eigenvalue weighted by Gasteiger charge is 2.36. The van der Waals surface area contributed by atoms with Gasteiger partial charge in [0.25, 0.3) is 0 Å². The van der Waals surface area contributed by atoms with Crippen LogP contribution in [0.5, 0.6) is 11.5 Å². The van der Waals surface area contributed by atoms with Gasteiger partial charge in [0.1, 0.15) is 11.5 Å². The van der Waals surface area contributed by atoms with Crippen LogP contribution in [-0.2, 0) is 10.2 Å². The van der Waals surface area contributed by atoms with Gasteiger partial charge in [-0.25, -0.2) is 0 Å². The minimum atomic E-state index is -3.75. The van der Waals surface area contributed by atoms with E-state index >= 15 is 0 Å². The van der Waals surface area contributed by atoms with E-state index < -0.39 is 16.3 Å². The first kappa shape index (κ1) is 20.3. The van der Waals surface area contributed by atoms with Crippen LogP contribution >= 0.6 is 0 Å². The first-order valence-electron chi connectivity index (χ1n) is 9.69. The summed E-state index contributed by atoms with van der Waals surface area (Å²) in [5.41, 5.74) is 3.06. The number of aromatic amines is 1. The summed E-state index contributed by atoms with van der Waals surface area (Å²) in [7, 11) is -0.733. The number of para-hydroxylation sites is 1. The second kappa shape index (κ2) is 7.37. The standard InChI is InChI=1S/C22H25N3O4S/c1-14(2)29-16-8-9-17-15(12-16)10-11-25(30(27,28)24(3)4)22(17)19-13-23-21-18(19)6-5-7-20(21)26/h5-14,22-23,26H,1-4H3. The van der Waals surface area contributed by atoms with E-state index in [1.807, 2.05) is 38.1 Å². The maximum absolute atomic E-state index is 13.1. The summed E-state index contributed by atoms with van der Waals surface area (Å²) < 4.78 is 34.6. The molecular weight excluding hydrogens is 402 g/mol. The van der Waals surface area contributed by atoms with Crippen molar-refractivity contribution in [2.75, 3.05) is 14.1 Å².